The summed E-state index contributed by atoms with van der Waals surface area (Å²) in [6.45, 7) is 1.67. The summed E-state index contributed by atoms with van der Waals surface area (Å²) in [5.74, 6) is -0.542. The zero-order chi connectivity index (χ0) is 13.3. The zero-order valence-electron chi connectivity index (χ0n) is 10.1. The lowest BCUT2D eigenvalue weighted by Crippen LogP contribution is -2.02. The van der Waals surface area contributed by atoms with E-state index in [1.807, 2.05) is 0 Å². The molecule has 0 saturated heterocycles. The Hall–Kier alpha value is -2.30. The topological polar surface area (TPSA) is 68.1 Å². The maximum atomic E-state index is 13.2. The minimum Gasteiger partial charge on any atom is -0.465 e. The molecule has 2 rings (SSSR count). The number of nitrogen functional groups attached to an aromatic ring is 1. The van der Waals surface area contributed by atoms with E-state index in [0.717, 1.165) is 5.56 Å². The minimum absolute atomic E-state index is 0.235. The number of hydrogen-bond acceptors (Lipinski definition) is 3. The number of anilines is 1. The van der Waals surface area contributed by atoms with Crippen molar-refractivity contribution in [2.75, 3.05) is 12.8 Å². The van der Waals surface area contributed by atoms with Crippen LogP contribution in [-0.2, 0) is 4.74 Å². The number of esters is 1. The Labute approximate surface area is 104 Å². The normalized spacial score (nSPS) is 10.4. The molecule has 2 aromatic rings. The molecule has 0 spiro atoms. The number of nitrogens with two attached hydrogens (primary N) is 1. The first kappa shape index (κ1) is 12.2. The largest absolute Gasteiger partial charge is 0.465 e. The molecule has 0 unspecified atom stereocenters. The molecule has 0 amide bonds. The number of methoxy groups -OCH3 is 1. The van der Waals surface area contributed by atoms with Crippen LogP contribution in [0.5, 0.6) is 0 Å². The van der Waals surface area contributed by atoms with Gasteiger partial charge in [-0.2, -0.15) is 0 Å². The molecule has 5 heteroatoms. The van der Waals surface area contributed by atoms with Gasteiger partial charge in [0.2, 0.25) is 0 Å². The molecule has 0 saturated carbocycles. The summed E-state index contributed by atoms with van der Waals surface area (Å²) in [6.07, 6.45) is 0. The third kappa shape index (κ3) is 2.07. The van der Waals surface area contributed by atoms with E-state index in [1.165, 1.54) is 13.2 Å². The van der Waals surface area contributed by atoms with E-state index in [9.17, 15) is 9.18 Å². The van der Waals surface area contributed by atoms with Crippen molar-refractivity contribution in [2.24, 2.45) is 0 Å². The van der Waals surface area contributed by atoms with Crippen molar-refractivity contribution in [3.8, 4) is 11.3 Å². The predicted octanol–water partition coefficient (Wildman–Crippen LogP) is 2.50. The second-order valence-electron chi connectivity index (χ2n) is 3.97. The highest BCUT2D eigenvalue weighted by molar-refractivity contribution is 5.96. The molecule has 1 aromatic heterocycles. The number of benzene rings is 1. The molecule has 0 aliphatic carbocycles. The van der Waals surface area contributed by atoms with Crippen LogP contribution in [0.25, 0.3) is 11.3 Å². The van der Waals surface area contributed by atoms with Crippen LogP contribution in [0, 0.1) is 12.7 Å². The molecule has 0 radical (unpaired) electrons. The Balaban J connectivity index is 2.45. The number of aromatic amines is 1. The first-order valence-electron chi connectivity index (χ1n) is 5.36. The summed E-state index contributed by atoms with van der Waals surface area (Å²) in [5.41, 5.74) is 7.90. The zero-order valence-corrected chi connectivity index (χ0v) is 10.1. The number of rotatable bonds is 2. The van der Waals surface area contributed by atoms with Crippen LogP contribution in [-0.4, -0.2) is 18.1 Å². The summed E-state index contributed by atoms with van der Waals surface area (Å²) < 4.78 is 17.8. The number of aromatic nitrogens is 1. The van der Waals surface area contributed by atoms with Crippen LogP contribution in [0.3, 0.4) is 0 Å². The molecule has 94 valence electrons. The predicted molar refractivity (Wildman–Crippen MR) is 66.7 cm³/mol. The first-order chi connectivity index (χ1) is 8.52. The number of H-pyrrole nitrogens is 1. The fraction of sp³-hybridized carbons (Fsp3) is 0.154. The van der Waals surface area contributed by atoms with E-state index >= 15 is 0 Å². The van der Waals surface area contributed by atoms with E-state index in [4.69, 9.17) is 5.73 Å². The maximum absolute atomic E-state index is 13.2. The molecule has 0 aliphatic rings. The number of carbonyl (C=O) groups is 1. The molecule has 4 nitrogen and oxygen atoms in total. The molecule has 0 bridgehead atoms. The average Bonchev–Trinajstić information content (AvgIpc) is 2.74. The van der Waals surface area contributed by atoms with E-state index in [2.05, 4.69) is 9.72 Å². The number of halogens is 1. The van der Waals surface area contributed by atoms with Gasteiger partial charge in [0.05, 0.1) is 7.11 Å². The van der Waals surface area contributed by atoms with Crippen LogP contribution in [0.2, 0.25) is 0 Å². The number of carbonyl (C=O) groups excluding carboxylic acids is 1. The van der Waals surface area contributed by atoms with Crippen LogP contribution in [0.15, 0.2) is 24.3 Å². The van der Waals surface area contributed by atoms with Crippen molar-refractivity contribution < 1.29 is 13.9 Å². The lowest BCUT2D eigenvalue weighted by molar-refractivity contribution is 0.0602. The van der Waals surface area contributed by atoms with E-state index in [-0.39, 0.29) is 17.2 Å². The van der Waals surface area contributed by atoms with E-state index < -0.39 is 5.97 Å². The number of ether oxygens (including phenoxy) is 1. The van der Waals surface area contributed by atoms with Crippen molar-refractivity contribution in [3.05, 3.63) is 41.2 Å². The standard InChI is InChI=1S/C13H13FN2O2/c1-7-5-8(3-4-10(7)14)11-6-9(12(15)16-11)13(17)18-2/h3-6,16H,15H2,1-2H3. The fourth-order valence-electron chi connectivity index (χ4n) is 1.72. The fourth-order valence-corrected chi connectivity index (χ4v) is 1.72. The SMILES string of the molecule is COC(=O)c1cc(-c2ccc(F)c(C)c2)[nH]c1N. The molecule has 3 N–H and O–H groups in total. The van der Waals surface area contributed by atoms with Gasteiger partial charge < -0.3 is 15.5 Å². The summed E-state index contributed by atoms with van der Waals surface area (Å²) in [5, 5.41) is 0. The highest BCUT2D eigenvalue weighted by atomic mass is 19.1. The van der Waals surface area contributed by atoms with Crippen LogP contribution in [0.1, 0.15) is 15.9 Å². The third-order valence-corrected chi connectivity index (χ3v) is 2.72. The maximum Gasteiger partial charge on any atom is 0.341 e. The minimum atomic E-state index is -0.506. The van der Waals surface area contributed by atoms with Gasteiger partial charge in [-0.3, -0.25) is 0 Å². The smallest absolute Gasteiger partial charge is 0.341 e. The molecule has 1 aromatic carbocycles. The Kier molecular flexibility index (Phi) is 3.06. The van der Waals surface area contributed by atoms with Gasteiger partial charge in [-0.15, -0.1) is 0 Å². The summed E-state index contributed by atoms with van der Waals surface area (Å²) in [6, 6.07) is 6.27. The average molecular weight is 248 g/mol. The monoisotopic (exact) mass is 248 g/mol. The Bertz CT molecular complexity index is 605. The second kappa shape index (κ2) is 4.52. The quantitative estimate of drug-likeness (QED) is 0.802. The number of hydrogen-bond donors (Lipinski definition) is 2. The molecule has 1 heterocycles. The van der Waals surface area contributed by atoms with Gasteiger partial charge in [-0.1, -0.05) is 0 Å². The van der Waals surface area contributed by atoms with Gasteiger partial charge in [0, 0.05) is 5.69 Å². The molecule has 0 fully saturated rings. The summed E-state index contributed by atoms with van der Waals surface area (Å²) in [7, 11) is 1.29. The van der Waals surface area contributed by atoms with Crippen molar-refractivity contribution in [3.63, 3.8) is 0 Å². The number of aryl methyl sites for hydroxylation is 1. The molecule has 0 atom stereocenters. The van der Waals surface area contributed by atoms with Crippen LogP contribution >= 0.6 is 0 Å². The van der Waals surface area contributed by atoms with E-state index in [1.54, 1.807) is 25.1 Å². The molecule has 0 aliphatic heterocycles. The summed E-state index contributed by atoms with van der Waals surface area (Å²) in [4.78, 5) is 14.3. The van der Waals surface area contributed by atoms with Gasteiger partial charge in [0.1, 0.15) is 17.2 Å². The number of nitrogens with one attached hydrogen (secondary N) is 1. The van der Waals surface area contributed by atoms with Crippen molar-refractivity contribution in [1.82, 2.24) is 4.98 Å². The molecule has 18 heavy (non-hydrogen) atoms. The Morgan fingerprint density at radius 1 is 1.39 bits per heavy atom. The second-order valence-corrected chi connectivity index (χ2v) is 3.97. The highest BCUT2D eigenvalue weighted by Crippen LogP contribution is 2.25. The van der Waals surface area contributed by atoms with Crippen molar-refractivity contribution in [2.45, 2.75) is 6.92 Å². The van der Waals surface area contributed by atoms with Crippen molar-refractivity contribution in [1.29, 1.82) is 0 Å². The third-order valence-electron chi connectivity index (χ3n) is 2.72. The molecular formula is C13H13FN2O2. The lowest BCUT2D eigenvalue weighted by atomic mass is 10.1. The van der Waals surface area contributed by atoms with Crippen LogP contribution in [0.4, 0.5) is 10.2 Å². The van der Waals surface area contributed by atoms with Gasteiger partial charge in [-0.05, 0) is 42.3 Å². The van der Waals surface area contributed by atoms with Gasteiger partial charge >= 0.3 is 5.97 Å². The lowest BCUT2D eigenvalue weighted by Gasteiger charge is -2.00. The molecular weight excluding hydrogens is 235 g/mol. The Morgan fingerprint density at radius 3 is 2.72 bits per heavy atom. The summed E-state index contributed by atoms with van der Waals surface area (Å²) >= 11 is 0. The van der Waals surface area contributed by atoms with Gasteiger partial charge in [-0.25, -0.2) is 9.18 Å². The van der Waals surface area contributed by atoms with E-state index in [0.29, 0.717) is 11.3 Å². The van der Waals surface area contributed by atoms with Gasteiger partial charge in [0.15, 0.2) is 0 Å². The Morgan fingerprint density at radius 2 is 2.11 bits per heavy atom. The highest BCUT2D eigenvalue weighted by Gasteiger charge is 2.15. The van der Waals surface area contributed by atoms with Crippen molar-refractivity contribution >= 4 is 11.8 Å². The van der Waals surface area contributed by atoms with Crippen LogP contribution < -0.4 is 5.73 Å². The van der Waals surface area contributed by atoms with Gasteiger partial charge in [0.25, 0.3) is 0 Å². The first-order valence-corrected chi connectivity index (χ1v) is 5.36.